The van der Waals surface area contributed by atoms with Gasteiger partial charge in [0, 0.05) is 22.3 Å². The van der Waals surface area contributed by atoms with Crippen molar-refractivity contribution in [3.63, 3.8) is 0 Å². The van der Waals surface area contributed by atoms with Crippen molar-refractivity contribution in [2.45, 2.75) is 26.7 Å². The van der Waals surface area contributed by atoms with Crippen molar-refractivity contribution in [1.82, 2.24) is 0 Å². The molecule has 0 aliphatic rings. The lowest BCUT2D eigenvalue weighted by atomic mass is 9.94. The molecule has 48 heavy (non-hydrogen) atoms. The molecule has 0 aliphatic heterocycles. The fourth-order valence-electron chi connectivity index (χ4n) is 5.78. The third kappa shape index (κ3) is 7.03. The largest absolute Gasteiger partial charge is 0.493 e. The number of hydrogen-bond acceptors (Lipinski definition) is 6. The first-order valence-corrected chi connectivity index (χ1v) is 15.9. The Labute approximate surface area is 281 Å². The highest BCUT2D eigenvalue weighted by atomic mass is 16.5. The van der Waals surface area contributed by atoms with Crippen LogP contribution in [0.1, 0.15) is 56.8 Å². The van der Waals surface area contributed by atoms with Gasteiger partial charge in [-0.25, -0.2) is 0 Å². The zero-order chi connectivity index (χ0) is 34.2. The fourth-order valence-corrected chi connectivity index (χ4v) is 5.78. The Morgan fingerprint density at radius 3 is 1.10 bits per heavy atom. The summed E-state index contributed by atoms with van der Waals surface area (Å²) in [5, 5.41) is 3.70. The molecule has 0 amide bonds. The highest BCUT2D eigenvalue weighted by molar-refractivity contribution is 6.18. The Balaban J connectivity index is 0.000000188. The summed E-state index contributed by atoms with van der Waals surface area (Å²) in [7, 11) is 6.43. The molecule has 0 saturated carbocycles. The van der Waals surface area contributed by atoms with E-state index in [9.17, 15) is 9.59 Å². The van der Waals surface area contributed by atoms with Crippen molar-refractivity contribution < 1.29 is 28.5 Å². The van der Waals surface area contributed by atoms with Gasteiger partial charge in [-0.2, -0.15) is 0 Å². The van der Waals surface area contributed by atoms with Crippen LogP contribution in [0.15, 0.2) is 109 Å². The molecule has 0 heterocycles. The zero-order valence-electron chi connectivity index (χ0n) is 28.3. The zero-order valence-corrected chi connectivity index (χ0v) is 28.3. The van der Waals surface area contributed by atoms with Crippen molar-refractivity contribution in [2.24, 2.45) is 0 Å². The number of carbonyl (C=O) groups is 2. The minimum absolute atomic E-state index is 0.0168. The van der Waals surface area contributed by atoms with E-state index in [0.717, 1.165) is 45.5 Å². The van der Waals surface area contributed by atoms with Gasteiger partial charge in [-0.05, 0) is 81.9 Å². The van der Waals surface area contributed by atoms with E-state index in [-0.39, 0.29) is 11.6 Å². The molecule has 6 aromatic rings. The lowest BCUT2D eigenvalue weighted by molar-refractivity contribution is 0.103. The summed E-state index contributed by atoms with van der Waals surface area (Å²) in [6.45, 7) is 4.16. The number of fused-ring (bicyclic) bond motifs is 2. The van der Waals surface area contributed by atoms with Crippen LogP contribution < -0.4 is 18.9 Å². The van der Waals surface area contributed by atoms with Crippen LogP contribution in [0.25, 0.3) is 21.5 Å². The van der Waals surface area contributed by atoms with Crippen molar-refractivity contribution in [1.29, 1.82) is 0 Å². The Bertz CT molecular complexity index is 1920. The van der Waals surface area contributed by atoms with Crippen LogP contribution in [-0.4, -0.2) is 40.0 Å². The highest BCUT2D eigenvalue weighted by Crippen LogP contribution is 2.36. The molecule has 0 aliphatic carbocycles. The lowest BCUT2D eigenvalue weighted by Gasteiger charge is -2.13. The van der Waals surface area contributed by atoms with E-state index in [1.165, 1.54) is 0 Å². The van der Waals surface area contributed by atoms with E-state index in [2.05, 4.69) is 26.0 Å². The predicted octanol–water partition coefficient (Wildman–Crippen LogP) is 9.30. The van der Waals surface area contributed by atoms with Gasteiger partial charge in [0.05, 0.1) is 28.4 Å². The molecule has 0 unspecified atom stereocenters. The normalized spacial score (nSPS) is 10.6. The third-order valence-corrected chi connectivity index (χ3v) is 8.41. The number of rotatable bonds is 10. The van der Waals surface area contributed by atoms with E-state index in [0.29, 0.717) is 45.3 Å². The first-order valence-electron chi connectivity index (χ1n) is 15.9. The van der Waals surface area contributed by atoms with E-state index >= 15 is 0 Å². The summed E-state index contributed by atoms with van der Waals surface area (Å²) in [4.78, 5) is 26.0. The molecule has 0 fully saturated rings. The number of ether oxygens (including phenoxy) is 4. The molecule has 0 saturated heterocycles. The maximum absolute atomic E-state index is 13.0. The van der Waals surface area contributed by atoms with Crippen molar-refractivity contribution in [3.8, 4) is 23.0 Å². The maximum atomic E-state index is 13.0. The van der Waals surface area contributed by atoms with Gasteiger partial charge in [-0.15, -0.1) is 0 Å². The average molecular weight is 641 g/mol. The third-order valence-electron chi connectivity index (χ3n) is 8.41. The SMILES string of the molecule is CCc1cc(C(=O)c2ccccc2)c2cc(OC)c(OC)cc2c1.CCc1cc(C(=O)c2ccccc2)c2cc(OC)c(OC)cc2c1. The summed E-state index contributed by atoms with van der Waals surface area (Å²) < 4.78 is 21.6. The van der Waals surface area contributed by atoms with Gasteiger partial charge in [-0.3, -0.25) is 9.59 Å². The summed E-state index contributed by atoms with van der Waals surface area (Å²) in [5.41, 5.74) is 4.99. The summed E-state index contributed by atoms with van der Waals surface area (Å²) in [5.74, 6) is 2.60. The van der Waals surface area contributed by atoms with Gasteiger partial charge < -0.3 is 18.9 Å². The molecule has 0 bridgehead atoms. The van der Waals surface area contributed by atoms with Crippen LogP contribution in [0.2, 0.25) is 0 Å². The number of carbonyl (C=O) groups excluding carboxylic acids is 2. The van der Waals surface area contributed by atoms with Crippen LogP contribution in [0.5, 0.6) is 23.0 Å². The maximum Gasteiger partial charge on any atom is 0.193 e. The summed E-state index contributed by atoms with van der Waals surface area (Å²) >= 11 is 0. The summed E-state index contributed by atoms with van der Waals surface area (Å²) in [6.07, 6.45) is 1.72. The topological polar surface area (TPSA) is 71.1 Å². The molecule has 0 atom stereocenters. The predicted molar refractivity (Wildman–Crippen MR) is 193 cm³/mol. The second kappa shape index (κ2) is 15.3. The minimum atomic E-state index is 0.0168. The molecule has 0 radical (unpaired) electrons. The second-order valence-electron chi connectivity index (χ2n) is 11.2. The molecule has 6 rings (SSSR count). The Morgan fingerprint density at radius 2 is 0.792 bits per heavy atom. The molecule has 244 valence electrons. The standard InChI is InChI=1S/2C21H20O3/c2*1-4-14-10-16-12-19(23-2)20(24-3)13-17(16)18(11-14)21(22)15-8-6-5-7-9-15/h2*5-13H,4H2,1-3H3. The average Bonchev–Trinajstić information content (AvgIpc) is 3.15. The van der Waals surface area contributed by atoms with Crippen molar-refractivity contribution >= 4 is 33.1 Å². The van der Waals surface area contributed by atoms with Crippen LogP contribution in [-0.2, 0) is 12.8 Å². The van der Waals surface area contributed by atoms with Gasteiger partial charge in [-0.1, -0.05) is 86.6 Å². The monoisotopic (exact) mass is 640 g/mol. The van der Waals surface area contributed by atoms with Gasteiger partial charge in [0.2, 0.25) is 0 Å². The first kappa shape index (κ1) is 33.7. The molecule has 0 aromatic heterocycles. The smallest absolute Gasteiger partial charge is 0.193 e. The van der Waals surface area contributed by atoms with Crippen LogP contribution >= 0.6 is 0 Å². The van der Waals surface area contributed by atoms with Gasteiger partial charge in [0.15, 0.2) is 34.6 Å². The minimum Gasteiger partial charge on any atom is -0.493 e. The molecular weight excluding hydrogens is 600 g/mol. The number of benzene rings is 6. The molecule has 6 heteroatoms. The fraction of sp³-hybridized carbons (Fsp3) is 0.190. The van der Waals surface area contributed by atoms with Gasteiger partial charge >= 0.3 is 0 Å². The molecule has 0 N–H and O–H groups in total. The first-order chi connectivity index (χ1) is 23.3. The quantitative estimate of drug-likeness (QED) is 0.139. The van der Waals surface area contributed by atoms with E-state index in [4.69, 9.17) is 18.9 Å². The second-order valence-corrected chi connectivity index (χ2v) is 11.2. The molecular formula is C42H40O6. The molecule has 6 aromatic carbocycles. The lowest BCUT2D eigenvalue weighted by Crippen LogP contribution is -2.04. The van der Waals surface area contributed by atoms with Crippen molar-refractivity contribution in [3.05, 3.63) is 143 Å². The summed E-state index contributed by atoms with van der Waals surface area (Å²) in [6, 6.07) is 34.4. The molecule has 6 nitrogen and oxygen atoms in total. The molecule has 0 spiro atoms. The Morgan fingerprint density at radius 1 is 0.458 bits per heavy atom. The van der Waals surface area contributed by atoms with Gasteiger partial charge in [0.1, 0.15) is 0 Å². The van der Waals surface area contributed by atoms with Crippen LogP contribution in [0.4, 0.5) is 0 Å². The highest BCUT2D eigenvalue weighted by Gasteiger charge is 2.18. The Kier molecular flexibility index (Phi) is 10.8. The van der Waals surface area contributed by atoms with Gasteiger partial charge in [0.25, 0.3) is 0 Å². The number of aryl methyl sites for hydroxylation is 2. The number of hydrogen-bond donors (Lipinski definition) is 0. The number of methoxy groups -OCH3 is 4. The van der Waals surface area contributed by atoms with E-state index in [1.54, 1.807) is 28.4 Å². The van der Waals surface area contributed by atoms with Crippen LogP contribution in [0, 0.1) is 0 Å². The van der Waals surface area contributed by atoms with Crippen molar-refractivity contribution in [2.75, 3.05) is 28.4 Å². The Hall–Kier alpha value is -5.62. The van der Waals surface area contributed by atoms with E-state index < -0.39 is 0 Å². The number of ketones is 2. The van der Waals surface area contributed by atoms with E-state index in [1.807, 2.05) is 97.1 Å². The van der Waals surface area contributed by atoms with Crippen LogP contribution in [0.3, 0.4) is 0 Å².